The smallest absolute Gasteiger partial charge is 0.323 e. The van der Waals surface area contributed by atoms with Crippen molar-refractivity contribution in [2.24, 2.45) is 0 Å². The molecule has 0 saturated heterocycles. The quantitative estimate of drug-likeness (QED) is 0.620. The molecular formula is C13H27N3O3. The van der Waals surface area contributed by atoms with Gasteiger partial charge in [-0.15, -0.1) is 0 Å². The maximum atomic E-state index is 11.8. The summed E-state index contributed by atoms with van der Waals surface area (Å²) in [7, 11) is 0. The summed E-state index contributed by atoms with van der Waals surface area (Å²) in [6, 6.07) is -0.434. The second kappa shape index (κ2) is 9.61. The number of carboxylic acid groups (broad SMARTS) is 1. The van der Waals surface area contributed by atoms with Gasteiger partial charge in [0.1, 0.15) is 6.54 Å². The molecule has 0 fully saturated rings. The minimum Gasteiger partial charge on any atom is -0.480 e. The molecule has 0 aromatic rings. The van der Waals surface area contributed by atoms with E-state index in [4.69, 9.17) is 5.11 Å². The van der Waals surface area contributed by atoms with Crippen molar-refractivity contribution in [2.75, 3.05) is 32.7 Å². The van der Waals surface area contributed by atoms with Crippen molar-refractivity contribution in [3.05, 3.63) is 0 Å². The van der Waals surface area contributed by atoms with Gasteiger partial charge in [-0.2, -0.15) is 0 Å². The van der Waals surface area contributed by atoms with Crippen LogP contribution < -0.4 is 5.32 Å². The Hall–Kier alpha value is -1.30. The predicted octanol–water partition coefficient (Wildman–Crippen LogP) is 1.22. The minimum atomic E-state index is -0.994. The van der Waals surface area contributed by atoms with E-state index < -0.39 is 5.97 Å². The van der Waals surface area contributed by atoms with Gasteiger partial charge in [0.25, 0.3) is 0 Å². The molecule has 0 spiro atoms. The number of urea groups is 1. The average molecular weight is 273 g/mol. The van der Waals surface area contributed by atoms with E-state index in [-0.39, 0.29) is 18.6 Å². The lowest BCUT2D eigenvalue weighted by molar-refractivity contribution is -0.138. The largest absolute Gasteiger partial charge is 0.480 e. The van der Waals surface area contributed by atoms with Crippen molar-refractivity contribution < 1.29 is 14.7 Å². The highest BCUT2D eigenvalue weighted by atomic mass is 16.4. The van der Waals surface area contributed by atoms with Crippen molar-refractivity contribution in [1.82, 2.24) is 15.1 Å². The summed E-state index contributed by atoms with van der Waals surface area (Å²) in [6.45, 7) is 11.1. The second-order valence-electron chi connectivity index (χ2n) is 4.73. The van der Waals surface area contributed by atoms with Gasteiger partial charge in [0.05, 0.1) is 0 Å². The first-order valence-corrected chi connectivity index (χ1v) is 6.90. The van der Waals surface area contributed by atoms with Gasteiger partial charge in [0, 0.05) is 12.6 Å². The van der Waals surface area contributed by atoms with Crippen molar-refractivity contribution in [2.45, 2.75) is 40.2 Å². The summed E-state index contributed by atoms with van der Waals surface area (Å²) in [5.74, 6) is -0.994. The van der Waals surface area contributed by atoms with Crippen LogP contribution in [0.3, 0.4) is 0 Å². The number of hydrogen-bond acceptors (Lipinski definition) is 3. The SMILES string of the molecule is CCN(CC)CCCNC(=O)N(CC(=O)O)C(C)C. The number of hydrogen-bond donors (Lipinski definition) is 2. The normalized spacial score (nSPS) is 10.8. The standard InChI is InChI=1S/C13H27N3O3/c1-5-15(6-2)9-7-8-14-13(19)16(11(3)4)10-12(17)18/h11H,5-10H2,1-4H3,(H,14,19)(H,17,18). The molecule has 0 atom stereocenters. The van der Waals surface area contributed by atoms with Crippen LogP contribution in [0.4, 0.5) is 4.79 Å². The lowest BCUT2D eigenvalue weighted by Crippen LogP contribution is -2.47. The van der Waals surface area contributed by atoms with E-state index in [1.165, 1.54) is 4.90 Å². The topological polar surface area (TPSA) is 72.9 Å². The van der Waals surface area contributed by atoms with Crippen LogP contribution in [0, 0.1) is 0 Å². The summed E-state index contributed by atoms with van der Waals surface area (Å²) in [5, 5.41) is 11.5. The van der Waals surface area contributed by atoms with Crippen molar-refractivity contribution in [3.8, 4) is 0 Å². The zero-order chi connectivity index (χ0) is 14.8. The van der Waals surface area contributed by atoms with Crippen molar-refractivity contribution in [1.29, 1.82) is 0 Å². The van der Waals surface area contributed by atoms with E-state index in [9.17, 15) is 9.59 Å². The lowest BCUT2D eigenvalue weighted by Gasteiger charge is -2.25. The van der Waals surface area contributed by atoms with Crippen LogP contribution >= 0.6 is 0 Å². The first-order chi connectivity index (χ1) is 8.92. The van der Waals surface area contributed by atoms with Crippen molar-refractivity contribution in [3.63, 3.8) is 0 Å². The van der Waals surface area contributed by atoms with Gasteiger partial charge in [-0.25, -0.2) is 4.79 Å². The van der Waals surface area contributed by atoms with Crippen LogP contribution in [0.1, 0.15) is 34.1 Å². The zero-order valence-corrected chi connectivity index (χ0v) is 12.5. The highest BCUT2D eigenvalue weighted by Gasteiger charge is 2.19. The van der Waals surface area contributed by atoms with E-state index >= 15 is 0 Å². The molecule has 0 saturated carbocycles. The summed E-state index contributed by atoms with van der Waals surface area (Å²) in [6.07, 6.45) is 0.867. The van der Waals surface area contributed by atoms with E-state index in [2.05, 4.69) is 24.1 Å². The third kappa shape index (κ3) is 7.66. The Balaban J connectivity index is 4.03. The fourth-order valence-electron chi connectivity index (χ4n) is 1.77. The van der Waals surface area contributed by atoms with Gasteiger partial charge >= 0.3 is 12.0 Å². The van der Waals surface area contributed by atoms with Gasteiger partial charge in [0.2, 0.25) is 0 Å². The maximum absolute atomic E-state index is 11.8. The highest BCUT2D eigenvalue weighted by molar-refractivity contribution is 5.80. The van der Waals surface area contributed by atoms with Gasteiger partial charge in [-0.1, -0.05) is 13.8 Å². The molecule has 0 heterocycles. The third-order valence-corrected chi connectivity index (χ3v) is 3.01. The first-order valence-electron chi connectivity index (χ1n) is 6.90. The second-order valence-corrected chi connectivity index (χ2v) is 4.73. The third-order valence-electron chi connectivity index (χ3n) is 3.01. The maximum Gasteiger partial charge on any atom is 0.323 e. The molecule has 0 unspecified atom stereocenters. The Labute approximate surface area is 115 Å². The number of carbonyl (C=O) groups is 2. The number of carbonyl (C=O) groups excluding carboxylic acids is 1. The molecule has 6 nitrogen and oxygen atoms in total. The van der Waals surface area contributed by atoms with Gasteiger partial charge < -0.3 is 20.2 Å². The van der Waals surface area contributed by atoms with Crippen LogP contribution in [0.2, 0.25) is 0 Å². The molecule has 2 N–H and O–H groups in total. The van der Waals surface area contributed by atoms with Crippen LogP contribution in [-0.4, -0.2) is 65.7 Å². The van der Waals surface area contributed by atoms with Crippen LogP contribution in [0.15, 0.2) is 0 Å². The molecule has 0 aliphatic carbocycles. The molecule has 0 aliphatic heterocycles. The van der Waals surface area contributed by atoms with Crippen LogP contribution in [0.5, 0.6) is 0 Å². The number of nitrogens with zero attached hydrogens (tertiary/aromatic N) is 2. The van der Waals surface area contributed by atoms with Gasteiger partial charge in [0.15, 0.2) is 0 Å². The molecule has 112 valence electrons. The molecular weight excluding hydrogens is 246 g/mol. The molecule has 0 rings (SSSR count). The number of nitrogens with one attached hydrogen (secondary N) is 1. The van der Waals surface area contributed by atoms with E-state index in [0.29, 0.717) is 6.54 Å². The lowest BCUT2D eigenvalue weighted by atomic mass is 10.3. The molecule has 6 heteroatoms. The molecule has 0 bridgehead atoms. The number of aliphatic carboxylic acids is 1. The molecule has 0 aliphatic rings. The van der Waals surface area contributed by atoms with E-state index in [0.717, 1.165) is 26.1 Å². The van der Waals surface area contributed by atoms with E-state index in [1.807, 2.05) is 0 Å². The van der Waals surface area contributed by atoms with Gasteiger partial charge in [-0.3, -0.25) is 4.79 Å². The summed E-state index contributed by atoms with van der Waals surface area (Å²) in [5.41, 5.74) is 0. The Morgan fingerprint density at radius 1 is 1.21 bits per heavy atom. The number of rotatable bonds is 9. The summed E-state index contributed by atoms with van der Waals surface area (Å²) in [4.78, 5) is 26.1. The van der Waals surface area contributed by atoms with Gasteiger partial charge in [-0.05, 0) is 39.9 Å². The monoisotopic (exact) mass is 273 g/mol. The Morgan fingerprint density at radius 3 is 2.21 bits per heavy atom. The number of amides is 2. The molecule has 0 aromatic heterocycles. The van der Waals surface area contributed by atoms with Crippen LogP contribution in [-0.2, 0) is 4.79 Å². The molecule has 19 heavy (non-hydrogen) atoms. The molecule has 2 amide bonds. The fraction of sp³-hybridized carbons (Fsp3) is 0.846. The Morgan fingerprint density at radius 2 is 1.79 bits per heavy atom. The Kier molecular flexibility index (Phi) is 8.95. The Bertz CT molecular complexity index is 278. The van der Waals surface area contributed by atoms with E-state index in [1.54, 1.807) is 13.8 Å². The summed E-state index contributed by atoms with van der Waals surface area (Å²) >= 11 is 0. The zero-order valence-electron chi connectivity index (χ0n) is 12.5. The van der Waals surface area contributed by atoms with Crippen molar-refractivity contribution >= 4 is 12.0 Å². The minimum absolute atomic E-state index is 0.126. The molecule has 0 aromatic carbocycles. The highest BCUT2D eigenvalue weighted by Crippen LogP contribution is 1.98. The first kappa shape index (κ1) is 17.7. The average Bonchev–Trinajstić information content (AvgIpc) is 2.35. The summed E-state index contributed by atoms with van der Waals surface area (Å²) < 4.78 is 0. The fourth-order valence-corrected chi connectivity index (χ4v) is 1.77. The predicted molar refractivity (Wildman–Crippen MR) is 75.3 cm³/mol. The molecule has 0 radical (unpaired) electrons. The van der Waals surface area contributed by atoms with Crippen LogP contribution in [0.25, 0.3) is 0 Å². The number of carboxylic acids is 1.